The fourth-order valence-corrected chi connectivity index (χ4v) is 5.66. The molecule has 1 aromatic rings. The molecule has 0 aromatic heterocycles. The Hall–Kier alpha value is -0.910. The van der Waals surface area contributed by atoms with E-state index in [4.69, 9.17) is 0 Å². The van der Waals surface area contributed by atoms with E-state index in [1.165, 1.54) is 76.2 Å². The average Bonchev–Trinajstić information content (AvgIpc) is 2.69. The van der Waals surface area contributed by atoms with Gasteiger partial charge in [-0.1, -0.05) is 56.9 Å². The van der Waals surface area contributed by atoms with Crippen molar-refractivity contribution < 1.29 is 0 Å². The zero-order chi connectivity index (χ0) is 18.4. The van der Waals surface area contributed by atoms with Crippen LogP contribution in [0.1, 0.15) is 108 Å². The number of rotatable bonds is 7. The molecule has 3 rings (SSSR count). The first kappa shape index (κ1) is 19.8. The van der Waals surface area contributed by atoms with E-state index in [9.17, 15) is 0 Å². The fourth-order valence-electron chi connectivity index (χ4n) is 5.66. The predicted molar refractivity (Wildman–Crippen MR) is 114 cm³/mol. The third-order valence-electron chi connectivity index (χ3n) is 7.59. The summed E-state index contributed by atoms with van der Waals surface area (Å²) in [5.74, 6) is 5.56. The normalized spacial score (nSPS) is 29.5. The molecule has 2 aliphatic rings. The molecule has 0 bridgehead atoms. The number of hydrogen-bond donors (Lipinski definition) is 0. The van der Waals surface area contributed by atoms with Crippen molar-refractivity contribution in [1.82, 2.24) is 0 Å². The molecule has 2 saturated carbocycles. The summed E-state index contributed by atoms with van der Waals surface area (Å²) < 4.78 is 0. The maximum Gasteiger partial charge on any atom is 0.115 e. The van der Waals surface area contributed by atoms with Crippen molar-refractivity contribution in [3.8, 4) is 0 Å². The van der Waals surface area contributed by atoms with Crippen LogP contribution in [0.2, 0.25) is 0 Å². The highest BCUT2D eigenvalue weighted by atomic mass is 14.4. The summed E-state index contributed by atoms with van der Waals surface area (Å²) in [6.07, 6.45) is 17.2. The Kier molecular flexibility index (Phi) is 7.52. The Morgan fingerprint density at radius 3 is 1.92 bits per heavy atom. The van der Waals surface area contributed by atoms with Crippen LogP contribution < -0.4 is 0 Å². The molecule has 0 amide bonds. The molecule has 0 atom stereocenters. The van der Waals surface area contributed by atoms with Crippen molar-refractivity contribution in [2.45, 2.75) is 104 Å². The van der Waals surface area contributed by atoms with Gasteiger partial charge < -0.3 is 0 Å². The van der Waals surface area contributed by atoms with Crippen LogP contribution >= 0.6 is 0 Å². The largest absolute Gasteiger partial charge is 0.115 e. The summed E-state index contributed by atoms with van der Waals surface area (Å²) in [7, 11) is 0. The van der Waals surface area contributed by atoms with Gasteiger partial charge >= 0.3 is 0 Å². The maximum atomic E-state index is 2.43. The van der Waals surface area contributed by atoms with Gasteiger partial charge in [-0.25, -0.2) is 0 Å². The smallest absolute Gasteiger partial charge is 0.0654 e. The lowest BCUT2D eigenvalue weighted by Gasteiger charge is -2.38. The first-order chi connectivity index (χ1) is 12.7. The maximum absolute atomic E-state index is 2.43. The molecule has 0 N–H and O–H groups in total. The second-order valence-corrected chi connectivity index (χ2v) is 9.41. The van der Waals surface area contributed by atoms with Crippen molar-refractivity contribution in [2.75, 3.05) is 0 Å². The molecule has 0 nitrogen and oxygen atoms in total. The summed E-state index contributed by atoms with van der Waals surface area (Å²) >= 11 is 0. The summed E-state index contributed by atoms with van der Waals surface area (Å²) in [6.45, 7) is 6.90. The van der Waals surface area contributed by atoms with E-state index >= 15 is 0 Å². The van der Waals surface area contributed by atoms with Crippen LogP contribution in [0.25, 0.3) is 0 Å². The van der Waals surface area contributed by atoms with E-state index in [1.54, 1.807) is 11.5 Å². The highest BCUT2D eigenvalue weighted by molar-refractivity contribution is 5.27. The van der Waals surface area contributed by atoms with E-state index in [0.29, 0.717) is 0 Å². The summed E-state index contributed by atoms with van der Waals surface area (Å²) in [6, 6.07) is 9.63. The van der Waals surface area contributed by atoms with Gasteiger partial charge in [0.2, 0.25) is 0 Å². The van der Waals surface area contributed by atoms with Gasteiger partial charge in [0.1, 0.15) is 6.42 Å². The lowest BCUT2D eigenvalue weighted by atomic mass is 9.68. The highest BCUT2D eigenvalue weighted by Gasteiger charge is 2.31. The molecule has 144 valence electrons. The van der Waals surface area contributed by atoms with Crippen LogP contribution in [0.5, 0.6) is 0 Å². The van der Waals surface area contributed by atoms with Crippen molar-refractivity contribution in [1.29, 1.82) is 0 Å². The Morgan fingerprint density at radius 1 is 0.808 bits per heavy atom. The minimum Gasteiger partial charge on any atom is -0.0654 e. The zero-order valence-corrected chi connectivity index (χ0v) is 17.6. The lowest BCUT2D eigenvalue weighted by molar-refractivity contribution is 0.156. The van der Waals surface area contributed by atoms with Crippen LogP contribution in [0, 0.1) is 23.7 Å². The van der Waals surface area contributed by atoms with E-state index in [0.717, 1.165) is 30.1 Å². The van der Waals surface area contributed by atoms with Crippen molar-refractivity contribution in [2.24, 2.45) is 17.8 Å². The first-order valence-corrected chi connectivity index (χ1v) is 11.6. The third-order valence-corrected chi connectivity index (χ3v) is 7.59. The Balaban J connectivity index is 1.45. The summed E-state index contributed by atoms with van der Waals surface area (Å²) in [5, 5.41) is 0. The van der Waals surface area contributed by atoms with E-state index in [2.05, 4.69) is 45.0 Å². The summed E-state index contributed by atoms with van der Waals surface area (Å²) in [4.78, 5) is 0. The molecule has 0 heteroatoms. The molecule has 0 heterocycles. The SMILES string of the molecule is CCCC1CCC(C2CCC(c3ccc(C[C+](C)CC)cc3)CC2)CC1. The van der Waals surface area contributed by atoms with E-state index in [1.807, 2.05) is 0 Å². The van der Waals surface area contributed by atoms with Gasteiger partial charge in [0.25, 0.3) is 0 Å². The van der Waals surface area contributed by atoms with Gasteiger partial charge in [-0.15, -0.1) is 0 Å². The Morgan fingerprint density at radius 2 is 1.38 bits per heavy atom. The first-order valence-electron chi connectivity index (χ1n) is 11.6. The quantitative estimate of drug-likeness (QED) is 0.434. The monoisotopic (exact) mass is 353 g/mol. The van der Waals surface area contributed by atoms with Crippen LogP contribution in [0.4, 0.5) is 0 Å². The second-order valence-electron chi connectivity index (χ2n) is 9.41. The lowest BCUT2D eigenvalue weighted by Crippen LogP contribution is -2.25. The average molecular weight is 354 g/mol. The van der Waals surface area contributed by atoms with Crippen molar-refractivity contribution in [3.05, 3.63) is 41.3 Å². The fraction of sp³-hybridized carbons (Fsp3) is 0.731. The van der Waals surface area contributed by atoms with Crippen molar-refractivity contribution >= 4 is 0 Å². The van der Waals surface area contributed by atoms with E-state index in [-0.39, 0.29) is 0 Å². The molecule has 2 aliphatic carbocycles. The topological polar surface area (TPSA) is 0 Å². The molecule has 26 heavy (non-hydrogen) atoms. The second kappa shape index (κ2) is 9.86. The van der Waals surface area contributed by atoms with Gasteiger partial charge in [0.05, 0.1) is 19.3 Å². The Bertz CT molecular complexity index is 497. The number of benzene rings is 1. The van der Waals surface area contributed by atoms with Gasteiger partial charge in [0.15, 0.2) is 0 Å². The minimum absolute atomic E-state index is 0.827. The number of hydrogen-bond acceptors (Lipinski definition) is 0. The molecular formula is C26H41+. The Labute approximate surface area is 163 Å². The van der Waals surface area contributed by atoms with Gasteiger partial charge in [-0.2, -0.15) is 0 Å². The standard InChI is InChI=1S/C26H41/c1-4-6-21-7-11-23(12-8-21)25-15-17-26(18-16-25)24-13-9-22(10-14-24)19-20(3)5-2/h9-10,13-14,21,23,25-26H,4-8,11-12,15-19H2,1-3H3/q+1. The molecule has 0 aliphatic heterocycles. The van der Waals surface area contributed by atoms with Crippen molar-refractivity contribution in [3.63, 3.8) is 0 Å². The van der Waals surface area contributed by atoms with Crippen LogP contribution in [-0.4, -0.2) is 0 Å². The van der Waals surface area contributed by atoms with Gasteiger partial charge in [0, 0.05) is 0 Å². The molecule has 0 unspecified atom stereocenters. The zero-order valence-electron chi connectivity index (χ0n) is 17.6. The van der Waals surface area contributed by atoms with Gasteiger partial charge in [-0.3, -0.25) is 0 Å². The van der Waals surface area contributed by atoms with Crippen LogP contribution in [0.3, 0.4) is 0 Å². The molecule has 2 fully saturated rings. The summed E-state index contributed by atoms with van der Waals surface area (Å²) in [5.41, 5.74) is 3.10. The highest BCUT2D eigenvalue weighted by Crippen LogP contribution is 2.44. The molecule has 0 saturated heterocycles. The third kappa shape index (κ3) is 5.30. The van der Waals surface area contributed by atoms with Gasteiger partial charge in [-0.05, 0) is 80.2 Å². The van der Waals surface area contributed by atoms with E-state index < -0.39 is 0 Å². The molecule has 1 aromatic carbocycles. The predicted octanol–water partition coefficient (Wildman–Crippen LogP) is 8.11. The molecular weight excluding hydrogens is 312 g/mol. The minimum atomic E-state index is 0.827. The van der Waals surface area contributed by atoms with Crippen LogP contribution in [-0.2, 0) is 6.42 Å². The molecule has 0 spiro atoms. The van der Waals surface area contributed by atoms with Crippen LogP contribution in [0.15, 0.2) is 24.3 Å². The molecule has 0 radical (unpaired) electrons.